The smallest absolute Gasteiger partial charge is 0.0693 e. The fraction of sp³-hybridized carbons (Fsp3) is 0.200. The van der Waals surface area contributed by atoms with Crippen LogP contribution in [0.5, 0.6) is 0 Å². The molecule has 1 aliphatic rings. The topological polar surface area (TPSA) is 41.6 Å². The van der Waals surface area contributed by atoms with Gasteiger partial charge in [-0.15, -0.1) is 0 Å². The van der Waals surface area contributed by atoms with Gasteiger partial charge in [0.2, 0.25) is 0 Å². The first-order chi connectivity index (χ1) is 4.13. The highest BCUT2D eigenvalue weighted by atomic mass is 16.6. The number of hydrogen-bond donors (Lipinski definition) is 1. The maximum Gasteiger partial charge on any atom is 0.0693 e. The first-order valence-corrected chi connectivity index (χ1v) is 2.48. The molecule has 0 radical (unpaired) electrons. The number of nitrogens with zero attached hydrogens (tertiary/aromatic N) is 2. The van der Waals surface area contributed by atoms with E-state index in [9.17, 15) is 5.21 Å². The highest BCUT2D eigenvalue weighted by molar-refractivity contribution is 5.24. The molecule has 9 heavy (non-hydrogen) atoms. The Morgan fingerprint density at radius 1 is 1.56 bits per heavy atom. The number of rotatable bonds is 0. The van der Waals surface area contributed by atoms with Gasteiger partial charge in [-0.1, -0.05) is 13.2 Å². The molecule has 4 nitrogen and oxygen atoms in total. The van der Waals surface area contributed by atoms with Gasteiger partial charge in [0.25, 0.3) is 0 Å². The van der Waals surface area contributed by atoms with E-state index >= 15 is 0 Å². The fourth-order valence-electron chi connectivity index (χ4n) is 0.560. The molecule has 4 heteroatoms. The van der Waals surface area contributed by atoms with Crippen molar-refractivity contribution < 1.29 is 0 Å². The molecule has 0 aliphatic carbocycles. The van der Waals surface area contributed by atoms with Gasteiger partial charge in [0.1, 0.15) is 0 Å². The standard InChI is InChI=1S/C5H8N3O/c1-4-5(2)7(3)8(9)6-4/h6H,1-2H2,3H3/q-1. The van der Waals surface area contributed by atoms with Crippen molar-refractivity contribution in [3.8, 4) is 0 Å². The first kappa shape index (κ1) is 6.12. The summed E-state index contributed by atoms with van der Waals surface area (Å²) in [4.78, 5) is 0. The normalized spacial score (nSPS) is 20.9. The number of likely N-dealkylation sites (N-methyl/N-ethyl adjacent to an activating group) is 1. The van der Waals surface area contributed by atoms with Crippen LogP contribution in [0, 0.1) is 5.21 Å². The van der Waals surface area contributed by atoms with E-state index in [-0.39, 0.29) is 0 Å². The molecule has 1 rings (SSSR count). The van der Waals surface area contributed by atoms with Crippen LogP contribution in [0.25, 0.3) is 0 Å². The molecule has 0 spiro atoms. The average Bonchev–Trinajstić information content (AvgIpc) is 1.98. The SMILES string of the molecule is C=C1NN([O-])N(C)C1=C. The van der Waals surface area contributed by atoms with Gasteiger partial charge >= 0.3 is 0 Å². The van der Waals surface area contributed by atoms with Crippen molar-refractivity contribution in [1.82, 2.24) is 15.7 Å². The lowest BCUT2D eigenvalue weighted by Gasteiger charge is -2.29. The van der Waals surface area contributed by atoms with E-state index < -0.39 is 0 Å². The number of nitrogens with one attached hydrogen (secondary N) is 1. The zero-order valence-electron chi connectivity index (χ0n) is 5.22. The Kier molecular flexibility index (Phi) is 1.19. The molecule has 1 aliphatic heterocycles. The molecule has 1 heterocycles. The highest BCUT2D eigenvalue weighted by Gasteiger charge is 2.15. The van der Waals surface area contributed by atoms with Gasteiger partial charge in [-0.25, -0.2) is 5.28 Å². The summed E-state index contributed by atoms with van der Waals surface area (Å²) in [6, 6.07) is 0. The Labute approximate surface area is 53.6 Å². The first-order valence-electron chi connectivity index (χ1n) is 2.48. The summed E-state index contributed by atoms with van der Waals surface area (Å²) in [6.07, 6.45) is 0. The third kappa shape index (κ3) is 0.778. The summed E-state index contributed by atoms with van der Waals surface area (Å²) in [5.41, 5.74) is 3.58. The Balaban J connectivity index is 2.77. The largest absolute Gasteiger partial charge is 0.749 e. The van der Waals surface area contributed by atoms with Crippen molar-refractivity contribution in [2.24, 2.45) is 0 Å². The minimum absolute atomic E-state index is 0.549. The molecule has 1 N–H and O–H groups in total. The second kappa shape index (κ2) is 1.75. The van der Waals surface area contributed by atoms with E-state index in [4.69, 9.17) is 0 Å². The van der Waals surface area contributed by atoms with Gasteiger partial charge in [-0.3, -0.25) is 0 Å². The second-order valence-corrected chi connectivity index (χ2v) is 1.83. The lowest BCUT2D eigenvalue weighted by atomic mass is 10.4. The molecular formula is C5H8N3O-. The van der Waals surface area contributed by atoms with E-state index in [0.717, 1.165) is 0 Å². The predicted octanol–water partition coefficient (Wildman–Crippen LogP) is 0.179. The van der Waals surface area contributed by atoms with Crippen LogP contribution in [0.15, 0.2) is 24.6 Å². The Bertz CT molecular complexity index is 166. The Morgan fingerprint density at radius 2 is 2.11 bits per heavy atom. The van der Waals surface area contributed by atoms with Crippen molar-refractivity contribution in [2.75, 3.05) is 7.05 Å². The Hall–Kier alpha value is -1.00. The molecular weight excluding hydrogens is 118 g/mol. The predicted molar refractivity (Wildman–Crippen MR) is 34.4 cm³/mol. The minimum Gasteiger partial charge on any atom is -0.749 e. The van der Waals surface area contributed by atoms with Gasteiger partial charge in [0.05, 0.1) is 11.4 Å². The fourth-order valence-corrected chi connectivity index (χ4v) is 0.560. The maximum absolute atomic E-state index is 10.6. The lowest BCUT2D eigenvalue weighted by Crippen LogP contribution is -2.32. The molecule has 0 atom stereocenters. The summed E-state index contributed by atoms with van der Waals surface area (Å²) in [6.45, 7) is 7.13. The molecule has 1 saturated heterocycles. The van der Waals surface area contributed by atoms with Crippen LogP contribution in [0.4, 0.5) is 0 Å². The molecule has 0 aromatic carbocycles. The molecule has 0 amide bonds. The summed E-state index contributed by atoms with van der Waals surface area (Å²) in [5, 5.41) is 12.5. The van der Waals surface area contributed by atoms with Gasteiger partial charge in [0, 0.05) is 7.05 Å². The minimum atomic E-state index is 0.549. The van der Waals surface area contributed by atoms with Crippen molar-refractivity contribution in [2.45, 2.75) is 0 Å². The molecule has 0 aromatic heterocycles. The monoisotopic (exact) mass is 126 g/mol. The zero-order valence-corrected chi connectivity index (χ0v) is 5.22. The van der Waals surface area contributed by atoms with Crippen LogP contribution in [0.2, 0.25) is 0 Å². The van der Waals surface area contributed by atoms with Gasteiger partial charge in [-0.05, 0) is 0 Å². The lowest BCUT2D eigenvalue weighted by molar-refractivity contribution is 0.0960. The van der Waals surface area contributed by atoms with Crippen molar-refractivity contribution in [3.63, 3.8) is 0 Å². The van der Waals surface area contributed by atoms with Crippen LogP contribution >= 0.6 is 0 Å². The van der Waals surface area contributed by atoms with Gasteiger partial charge in [0.15, 0.2) is 0 Å². The Morgan fingerprint density at radius 3 is 2.22 bits per heavy atom. The van der Waals surface area contributed by atoms with Crippen LogP contribution in [-0.4, -0.2) is 17.3 Å². The summed E-state index contributed by atoms with van der Waals surface area (Å²) < 4.78 is 0. The molecule has 1 fully saturated rings. The quantitative estimate of drug-likeness (QED) is 0.502. The molecule has 0 unspecified atom stereocenters. The van der Waals surface area contributed by atoms with Crippen LogP contribution in [0.1, 0.15) is 0 Å². The second-order valence-electron chi connectivity index (χ2n) is 1.83. The summed E-state index contributed by atoms with van der Waals surface area (Å²) in [5.74, 6) is 0. The zero-order chi connectivity index (χ0) is 7.02. The van der Waals surface area contributed by atoms with Gasteiger partial charge < -0.3 is 15.6 Å². The molecule has 0 saturated carbocycles. The molecule has 50 valence electrons. The van der Waals surface area contributed by atoms with Crippen LogP contribution < -0.4 is 5.43 Å². The number of hydrogen-bond acceptors (Lipinski definition) is 4. The maximum atomic E-state index is 10.6. The third-order valence-corrected chi connectivity index (χ3v) is 1.24. The average molecular weight is 126 g/mol. The summed E-state index contributed by atoms with van der Waals surface area (Å²) >= 11 is 0. The third-order valence-electron chi connectivity index (χ3n) is 1.24. The van der Waals surface area contributed by atoms with E-state index in [0.29, 0.717) is 16.7 Å². The van der Waals surface area contributed by atoms with Crippen molar-refractivity contribution in [1.29, 1.82) is 0 Å². The van der Waals surface area contributed by atoms with E-state index in [1.54, 1.807) is 7.05 Å². The van der Waals surface area contributed by atoms with E-state index in [2.05, 4.69) is 18.6 Å². The highest BCUT2D eigenvalue weighted by Crippen LogP contribution is 2.15. The molecule has 0 aromatic rings. The van der Waals surface area contributed by atoms with Crippen LogP contribution in [-0.2, 0) is 0 Å². The van der Waals surface area contributed by atoms with E-state index in [1.165, 1.54) is 5.01 Å². The van der Waals surface area contributed by atoms with Crippen molar-refractivity contribution >= 4 is 0 Å². The van der Waals surface area contributed by atoms with Crippen LogP contribution in [0.3, 0.4) is 0 Å². The molecule has 0 bridgehead atoms. The number of hydrazine groups is 2. The van der Waals surface area contributed by atoms with E-state index in [1.807, 2.05) is 0 Å². The summed E-state index contributed by atoms with van der Waals surface area (Å²) in [7, 11) is 1.61. The van der Waals surface area contributed by atoms with Crippen molar-refractivity contribution in [3.05, 3.63) is 29.8 Å². The van der Waals surface area contributed by atoms with Gasteiger partial charge in [-0.2, -0.15) is 0 Å².